The number of halogens is 5. The largest absolute Gasteiger partial charge is 0.466 e. The Bertz CT molecular complexity index is 1630. The van der Waals surface area contributed by atoms with Crippen LogP contribution in [0.5, 0.6) is 0 Å². The first kappa shape index (κ1) is 37.4. The first-order chi connectivity index (χ1) is 21.9. The van der Waals surface area contributed by atoms with E-state index < -0.39 is 64.9 Å². The zero-order valence-corrected chi connectivity index (χ0v) is 27.7. The summed E-state index contributed by atoms with van der Waals surface area (Å²) in [6.07, 6.45) is -4.03. The number of carbonyl (C=O) groups excluding carboxylic acids is 2. The van der Waals surface area contributed by atoms with E-state index >= 15 is 4.39 Å². The molecule has 256 valence electrons. The lowest BCUT2D eigenvalue weighted by atomic mass is 9.90. The standard InChI is InChI=1S/C35H42F5N3O4/c1-8-47-30(44)18-28(25-16-24(17-26(32(25)37)35(38,39)40)31-21(4)10-9-11-22(31)5)41-33(45)29(14-20(2)3)43-19-23(12-13-42(6)7)15-27(36)34(43)46/h9-11,15-17,19-20,28-29H,8,12-14,18H2,1-7H3,(H,41,45)/t28-,29?/m0/s1. The third-order valence-corrected chi connectivity index (χ3v) is 7.78. The van der Waals surface area contributed by atoms with Crippen molar-refractivity contribution in [2.75, 3.05) is 27.2 Å². The second-order valence-electron chi connectivity index (χ2n) is 12.4. The number of rotatable bonds is 13. The van der Waals surface area contributed by atoms with Crippen LogP contribution in [0.3, 0.4) is 0 Å². The summed E-state index contributed by atoms with van der Waals surface area (Å²) in [5, 5.41) is 2.53. The molecule has 0 aliphatic heterocycles. The number of pyridine rings is 1. The number of hydrogen-bond acceptors (Lipinski definition) is 5. The monoisotopic (exact) mass is 663 g/mol. The lowest BCUT2D eigenvalue weighted by molar-refractivity contribution is -0.144. The van der Waals surface area contributed by atoms with Crippen molar-refractivity contribution in [3.63, 3.8) is 0 Å². The predicted octanol–water partition coefficient (Wildman–Crippen LogP) is 6.93. The highest BCUT2D eigenvalue weighted by Gasteiger charge is 2.38. The van der Waals surface area contributed by atoms with Crippen LogP contribution in [-0.4, -0.2) is 48.6 Å². The van der Waals surface area contributed by atoms with Crippen LogP contribution in [-0.2, 0) is 26.9 Å². The zero-order valence-electron chi connectivity index (χ0n) is 27.7. The van der Waals surface area contributed by atoms with Crippen LogP contribution in [0.2, 0.25) is 0 Å². The Morgan fingerprint density at radius 1 is 1.04 bits per heavy atom. The summed E-state index contributed by atoms with van der Waals surface area (Å²) in [4.78, 5) is 41.6. The number of nitrogens with one attached hydrogen (secondary N) is 1. The van der Waals surface area contributed by atoms with E-state index in [1.165, 1.54) is 19.2 Å². The van der Waals surface area contributed by atoms with Crippen molar-refractivity contribution in [2.24, 2.45) is 5.92 Å². The molecule has 1 unspecified atom stereocenters. The van der Waals surface area contributed by atoms with Crippen LogP contribution >= 0.6 is 0 Å². The van der Waals surface area contributed by atoms with Crippen molar-refractivity contribution in [3.05, 3.63) is 92.4 Å². The summed E-state index contributed by atoms with van der Waals surface area (Å²) in [5.41, 5.74) is -1.02. The maximum absolute atomic E-state index is 15.9. The fraction of sp³-hybridized carbons (Fsp3) is 0.457. The minimum atomic E-state index is -5.11. The second kappa shape index (κ2) is 15.7. The zero-order chi connectivity index (χ0) is 35.2. The molecule has 0 spiro atoms. The molecule has 0 saturated carbocycles. The molecule has 0 bridgehead atoms. The molecule has 47 heavy (non-hydrogen) atoms. The van der Waals surface area contributed by atoms with Gasteiger partial charge in [-0.1, -0.05) is 32.0 Å². The SMILES string of the molecule is CCOC(=O)C[C@H](NC(=O)C(CC(C)C)n1cc(CCN(C)C)cc(F)c1=O)c1cc(-c2c(C)cccc2C)cc(C(F)(F)F)c1F. The third-order valence-electron chi connectivity index (χ3n) is 7.78. The lowest BCUT2D eigenvalue weighted by Gasteiger charge is -2.27. The van der Waals surface area contributed by atoms with Crippen LogP contribution in [0.25, 0.3) is 11.1 Å². The van der Waals surface area contributed by atoms with E-state index in [4.69, 9.17) is 4.74 Å². The summed E-state index contributed by atoms with van der Waals surface area (Å²) in [7, 11) is 3.65. The highest BCUT2D eigenvalue weighted by molar-refractivity contribution is 5.82. The van der Waals surface area contributed by atoms with Gasteiger partial charge in [-0.05, 0) is 99.6 Å². The molecule has 3 rings (SSSR count). The molecular weight excluding hydrogens is 621 g/mol. The molecule has 0 aliphatic carbocycles. The minimum absolute atomic E-state index is 0.0349. The Balaban J connectivity index is 2.22. The van der Waals surface area contributed by atoms with Gasteiger partial charge in [0.25, 0.3) is 5.56 Å². The number of carbonyl (C=O) groups is 2. The maximum atomic E-state index is 15.9. The number of alkyl halides is 3. The van der Waals surface area contributed by atoms with Crippen molar-refractivity contribution in [3.8, 4) is 11.1 Å². The van der Waals surface area contributed by atoms with Gasteiger partial charge in [-0.2, -0.15) is 13.2 Å². The molecule has 3 aromatic rings. The molecule has 1 heterocycles. The second-order valence-corrected chi connectivity index (χ2v) is 12.4. The normalized spacial score (nSPS) is 13.1. The van der Waals surface area contributed by atoms with Crippen molar-refractivity contribution in [1.29, 1.82) is 0 Å². The summed E-state index contributed by atoms with van der Waals surface area (Å²) in [6.45, 7) is 8.94. The van der Waals surface area contributed by atoms with E-state index in [-0.39, 0.29) is 24.5 Å². The van der Waals surface area contributed by atoms with Crippen LogP contribution in [0.15, 0.2) is 47.4 Å². The molecule has 1 aromatic heterocycles. The van der Waals surface area contributed by atoms with Crippen LogP contribution in [0.4, 0.5) is 22.0 Å². The number of likely N-dealkylation sites (N-methyl/N-ethyl adjacent to an activating group) is 1. The van der Waals surface area contributed by atoms with Crippen molar-refractivity contribution in [1.82, 2.24) is 14.8 Å². The Morgan fingerprint density at radius 3 is 2.23 bits per heavy atom. The summed E-state index contributed by atoms with van der Waals surface area (Å²) in [6, 6.07) is 5.20. The highest BCUT2D eigenvalue weighted by atomic mass is 19.4. The van der Waals surface area contributed by atoms with E-state index in [1.54, 1.807) is 45.9 Å². The minimum Gasteiger partial charge on any atom is -0.466 e. The number of benzene rings is 2. The topological polar surface area (TPSA) is 80.6 Å². The molecule has 1 amide bonds. The number of amides is 1. The number of aromatic nitrogens is 1. The molecule has 0 radical (unpaired) electrons. The van der Waals surface area contributed by atoms with Gasteiger partial charge >= 0.3 is 12.1 Å². The van der Waals surface area contributed by atoms with Crippen molar-refractivity contribution in [2.45, 2.75) is 72.1 Å². The first-order valence-electron chi connectivity index (χ1n) is 15.4. The van der Waals surface area contributed by atoms with Gasteiger partial charge in [0, 0.05) is 18.3 Å². The van der Waals surface area contributed by atoms with Crippen molar-refractivity contribution < 1.29 is 36.3 Å². The highest BCUT2D eigenvalue weighted by Crippen LogP contribution is 2.40. The Morgan fingerprint density at radius 2 is 1.68 bits per heavy atom. The molecule has 0 aliphatic rings. The predicted molar refractivity (Wildman–Crippen MR) is 170 cm³/mol. The maximum Gasteiger partial charge on any atom is 0.419 e. The Labute approximate surface area is 271 Å². The summed E-state index contributed by atoms with van der Waals surface area (Å²) < 4.78 is 79.6. The van der Waals surface area contributed by atoms with Gasteiger partial charge in [0.2, 0.25) is 5.91 Å². The molecule has 12 heteroatoms. The number of aryl methyl sites for hydroxylation is 2. The van der Waals surface area contributed by atoms with Gasteiger partial charge in [-0.15, -0.1) is 0 Å². The Hall–Kier alpha value is -4.06. The van der Waals surface area contributed by atoms with Gasteiger partial charge < -0.3 is 19.5 Å². The molecule has 1 N–H and O–H groups in total. The molecular formula is C35H42F5N3O4. The lowest BCUT2D eigenvalue weighted by Crippen LogP contribution is -2.41. The van der Waals surface area contributed by atoms with E-state index in [0.29, 0.717) is 41.3 Å². The van der Waals surface area contributed by atoms with Crippen LogP contribution in [0.1, 0.15) is 73.5 Å². The number of nitrogens with zero attached hydrogens (tertiary/aromatic N) is 2. The quantitative estimate of drug-likeness (QED) is 0.159. The van der Waals surface area contributed by atoms with Crippen LogP contribution in [0, 0.1) is 31.4 Å². The first-order valence-corrected chi connectivity index (χ1v) is 15.4. The van der Waals surface area contributed by atoms with E-state index in [2.05, 4.69) is 5.32 Å². The van der Waals surface area contributed by atoms with Crippen LogP contribution < -0.4 is 10.9 Å². The van der Waals surface area contributed by atoms with Crippen molar-refractivity contribution >= 4 is 11.9 Å². The van der Waals surface area contributed by atoms with E-state index in [0.717, 1.165) is 10.6 Å². The molecule has 0 fully saturated rings. The van der Waals surface area contributed by atoms with Gasteiger partial charge in [-0.25, -0.2) is 8.78 Å². The molecule has 2 aromatic carbocycles. The number of esters is 1. The molecule has 7 nitrogen and oxygen atoms in total. The summed E-state index contributed by atoms with van der Waals surface area (Å²) in [5.74, 6) is -4.72. The average molecular weight is 664 g/mol. The van der Waals surface area contributed by atoms with Gasteiger partial charge in [0.1, 0.15) is 11.9 Å². The van der Waals surface area contributed by atoms with E-state index in [1.807, 2.05) is 19.0 Å². The number of ether oxygens (including phenoxy) is 1. The van der Waals surface area contributed by atoms with Gasteiger partial charge in [0.05, 0.1) is 24.6 Å². The molecule has 0 saturated heterocycles. The average Bonchev–Trinajstić information content (AvgIpc) is 2.96. The van der Waals surface area contributed by atoms with Gasteiger partial charge in [-0.3, -0.25) is 14.4 Å². The van der Waals surface area contributed by atoms with E-state index in [9.17, 15) is 31.9 Å². The molecule has 2 atom stereocenters. The van der Waals surface area contributed by atoms with Gasteiger partial charge in [0.15, 0.2) is 5.82 Å². The third kappa shape index (κ3) is 9.50. The fourth-order valence-corrected chi connectivity index (χ4v) is 5.55. The summed E-state index contributed by atoms with van der Waals surface area (Å²) >= 11 is 0. The number of hydrogen-bond donors (Lipinski definition) is 1. The fourth-order valence-electron chi connectivity index (χ4n) is 5.55. The Kier molecular flexibility index (Phi) is 12.5. The smallest absolute Gasteiger partial charge is 0.419 e.